The summed E-state index contributed by atoms with van der Waals surface area (Å²) >= 11 is 0. The maximum Gasteiger partial charge on any atom is 0.191 e. The van der Waals surface area contributed by atoms with Crippen LogP contribution < -0.4 is 10.6 Å². The summed E-state index contributed by atoms with van der Waals surface area (Å²) in [5.41, 5.74) is 0.229. The molecule has 0 spiro atoms. The second kappa shape index (κ2) is 7.31. The fourth-order valence-corrected chi connectivity index (χ4v) is 2.95. The number of guanidine groups is 1. The van der Waals surface area contributed by atoms with E-state index in [4.69, 9.17) is 4.42 Å². The van der Waals surface area contributed by atoms with E-state index in [2.05, 4.69) is 39.9 Å². The Hall–Kier alpha value is -2.27. The van der Waals surface area contributed by atoms with E-state index >= 15 is 0 Å². The van der Waals surface area contributed by atoms with E-state index in [0.29, 0.717) is 17.7 Å². The third-order valence-corrected chi connectivity index (χ3v) is 4.50. The molecule has 5 heteroatoms. The lowest BCUT2D eigenvalue weighted by atomic mass is 10.0. The Balaban J connectivity index is 1.62. The number of hydrogen-bond acceptors (Lipinski definition) is 3. The second-order valence-electron chi connectivity index (χ2n) is 6.88. The van der Waals surface area contributed by atoms with Crippen molar-refractivity contribution in [1.82, 2.24) is 10.6 Å². The average molecular weight is 341 g/mol. The maximum atomic E-state index is 10.6. The molecule has 2 aromatic rings. The van der Waals surface area contributed by atoms with Crippen LogP contribution in [0.4, 0.5) is 0 Å². The van der Waals surface area contributed by atoms with Gasteiger partial charge in [0.05, 0.1) is 6.54 Å². The minimum atomic E-state index is -1.13. The largest absolute Gasteiger partial charge is 0.463 e. The summed E-state index contributed by atoms with van der Waals surface area (Å²) in [6, 6.07) is 14.6. The van der Waals surface area contributed by atoms with Gasteiger partial charge in [-0.2, -0.15) is 0 Å². The smallest absolute Gasteiger partial charge is 0.191 e. The molecule has 0 bridgehead atoms. The number of aliphatic imine (C=N–C) groups is 1. The lowest BCUT2D eigenvalue weighted by Crippen LogP contribution is -2.40. The first-order valence-electron chi connectivity index (χ1n) is 8.88. The molecule has 3 unspecified atom stereocenters. The van der Waals surface area contributed by atoms with Gasteiger partial charge in [-0.3, -0.25) is 0 Å². The molecule has 1 heterocycles. The van der Waals surface area contributed by atoms with Crippen LogP contribution in [0.25, 0.3) is 0 Å². The fraction of sp³-hybridized carbons (Fsp3) is 0.450. The Kier molecular flexibility index (Phi) is 5.13. The zero-order valence-corrected chi connectivity index (χ0v) is 15.1. The van der Waals surface area contributed by atoms with Crippen LogP contribution in [0.3, 0.4) is 0 Å². The summed E-state index contributed by atoms with van der Waals surface area (Å²) in [7, 11) is 0. The Morgan fingerprint density at radius 2 is 2.04 bits per heavy atom. The monoisotopic (exact) mass is 341 g/mol. The standard InChI is InChI=1S/C20H27N3O2/c1-4-21-19(22-13-20(3,24)18-11-10-14(2)25-18)23-17-12-16(17)15-8-6-5-7-9-15/h5-11,16-17,24H,4,12-13H2,1-3H3,(H2,21,22,23). The highest BCUT2D eigenvalue weighted by Gasteiger charge is 2.39. The van der Waals surface area contributed by atoms with Crippen molar-refractivity contribution >= 4 is 5.96 Å². The van der Waals surface area contributed by atoms with Gasteiger partial charge in [0, 0.05) is 18.5 Å². The Bertz CT molecular complexity index is 722. The Morgan fingerprint density at radius 1 is 1.28 bits per heavy atom. The predicted molar refractivity (Wildman–Crippen MR) is 99.7 cm³/mol. The maximum absolute atomic E-state index is 10.6. The van der Waals surface area contributed by atoms with Gasteiger partial charge in [0.2, 0.25) is 0 Å². The van der Waals surface area contributed by atoms with E-state index in [-0.39, 0.29) is 6.54 Å². The molecule has 25 heavy (non-hydrogen) atoms. The van der Waals surface area contributed by atoms with Crippen molar-refractivity contribution in [3.8, 4) is 0 Å². The highest BCUT2D eigenvalue weighted by molar-refractivity contribution is 5.80. The minimum absolute atomic E-state index is 0.234. The number of aliphatic hydroxyl groups is 1. The molecule has 1 saturated carbocycles. The molecule has 0 amide bonds. The van der Waals surface area contributed by atoms with Crippen LogP contribution >= 0.6 is 0 Å². The van der Waals surface area contributed by atoms with Crippen LogP contribution in [0.2, 0.25) is 0 Å². The highest BCUT2D eigenvalue weighted by Crippen LogP contribution is 2.40. The summed E-state index contributed by atoms with van der Waals surface area (Å²) in [6.07, 6.45) is 1.10. The molecule has 0 radical (unpaired) electrons. The number of nitrogens with one attached hydrogen (secondary N) is 2. The van der Waals surface area contributed by atoms with Crippen molar-refractivity contribution in [1.29, 1.82) is 0 Å². The van der Waals surface area contributed by atoms with Crippen molar-refractivity contribution in [3.05, 3.63) is 59.5 Å². The number of hydrogen-bond donors (Lipinski definition) is 3. The van der Waals surface area contributed by atoms with Gasteiger partial charge in [0.1, 0.15) is 17.1 Å². The first kappa shape index (κ1) is 17.5. The molecule has 1 aromatic heterocycles. The molecule has 0 aliphatic heterocycles. The van der Waals surface area contributed by atoms with E-state index in [1.165, 1.54) is 5.56 Å². The van der Waals surface area contributed by atoms with Crippen LogP contribution in [0.1, 0.15) is 43.3 Å². The summed E-state index contributed by atoms with van der Waals surface area (Å²) in [6.45, 7) is 6.63. The van der Waals surface area contributed by atoms with E-state index in [1.807, 2.05) is 26.0 Å². The van der Waals surface area contributed by atoms with Gasteiger partial charge in [-0.25, -0.2) is 4.99 Å². The van der Waals surface area contributed by atoms with Crippen LogP contribution in [0.15, 0.2) is 51.9 Å². The molecule has 3 atom stereocenters. The molecule has 1 aliphatic carbocycles. The summed E-state index contributed by atoms with van der Waals surface area (Å²) in [5, 5.41) is 17.4. The molecule has 1 aromatic carbocycles. The molecule has 3 N–H and O–H groups in total. The molecule has 0 saturated heterocycles. The van der Waals surface area contributed by atoms with Crippen molar-refractivity contribution in [2.75, 3.05) is 13.1 Å². The van der Waals surface area contributed by atoms with E-state index in [0.717, 1.165) is 24.7 Å². The predicted octanol–water partition coefficient (Wildman–Crippen LogP) is 2.91. The van der Waals surface area contributed by atoms with Crippen molar-refractivity contribution in [2.24, 2.45) is 4.99 Å². The molecular formula is C20H27N3O2. The second-order valence-corrected chi connectivity index (χ2v) is 6.88. The number of nitrogens with zero attached hydrogens (tertiary/aromatic N) is 1. The van der Waals surface area contributed by atoms with Gasteiger partial charge in [0.15, 0.2) is 5.96 Å². The van der Waals surface area contributed by atoms with Crippen LogP contribution in [0, 0.1) is 6.92 Å². The van der Waals surface area contributed by atoms with E-state index in [1.54, 1.807) is 13.0 Å². The molecule has 134 valence electrons. The molecule has 1 aliphatic rings. The van der Waals surface area contributed by atoms with Gasteiger partial charge in [-0.15, -0.1) is 0 Å². The first-order valence-corrected chi connectivity index (χ1v) is 8.88. The van der Waals surface area contributed by atoms with Gasteiger partial charge >= 0.3 is 0 Å². The van der Waals surface area contributed by atoms with Gasteiger partial charge in [-0.1, -0.05) is 30.3 Å². The normalized spacial score (nSPS) is 22.3. The van der Waals surface area contributed by atoms with Gasteiger partial charge in [0.25, 0.3) is 0 Å². The Morgan fingerprint density at radius 3 is 2.68 bits per heavy atom. The van der Waals surface area contributed by atoms with Crippen LogP contribution in [0.5, 0.6) is 0 Å². The van der Waals surface area contributed by atoms with Gasteiger partial charge < -0.3 is 20.2 Å². The lowest BCUT2D eigenvalue weighted by molar-refractivity contribution is 0.0428. The van der Waals surface area contributed by atoms with E-state index < -0.39 is 5.60 Å². The summed E-state index contributed by atoms with van der Waals surface area (Å²) < 4.78 is 5.55. The number of furan rings is 1. The molecule has 5 nitrogen and oxygen atoms in total. The zero-order chi connectivity index (χ0) is 17.9. The van der Waals surface area contributed by atoms with Gasteiger partial charge in [-0.05, 0) is 44.9 Å². The topological polar surface area (TPSA) is 69.8 Å². The summed E-state index contributed by atoms with van der Waals surface area (Å²) in [5.74, 6) is 2.58. The first-order chi connectivity index (χ1) is 12.0. The van der Waals surface area contributed by atoms with Crippen LogP contribution in [-0.4, -0.2) is 30.2 Å². The number of rotatable bonds is 6. The summed E-state index contributed by atoms with van der Waals surface area (Å²) in [4.78, 5) is 4.56. The zero-order valence-electron chi connectivity index (χ0n) is 15.1. The van der Waals surface area contributed by atoms with Crippen LogP contribution in [-0.2, 0) is 5.60 Å². The van der Waals surface area contributed by atoms with E-state index in [9.17, 15) is 5.11 Å². The van der Waals surface area contributed by atoms with Crippen molar-refractivity contribution in [2.45, 2.75) is 44.8 Å². The SMILES string of the molecule is CCNC(=NCC(C)(O)c1ccc(C)o1)NC1CC1c1ccccc1. The highest BCUT2D eigenvalue weighted by atomic mass is 16.4. The lowest BCUT2D eigenvalue weighted by Gasteiger charge is -2.19. The third kappa shape index (κ3) is 4.42. The molecule has 3 rings (SSSR count). The van der Waals surface area contributed by atoms with Crippen molar-refractivity contribution in [3.63, 3.8) is 0 Å². The molecular weight excluding hydrogens is 314 g/mol. The quantitative estimate of drug-likeness (QED) is 0.558. The Labute approximate surface area is 149 Å². The minimum Gasteiger partial charge on any atom is -0.463 e. The number of benzene rings is 1. The van der Waals surface area contributed by atoms with Crippen molar-refractivity contribution < 1.29 is 9.52 Å². The average Bonchev–Trinajstić information content (AvgIpc) is 3.22. The number of aryl methyl sites for hydroxylation is 1. The molecule has 1 fully saturated rings. The third-order valence-electron chi connectivity index (χ3n) is 4.50. The fourth-order valence-electron chi connectivity index (χ4n) is 2.95.